The normalized spacial score (nSPS) is 17.3. The fourth-order valence-corrected chi connectivity index (χ4v) is 3.86. The molecule has 1 aliphatic carbocycles. The fraction of sp³-hybridized carbons (Fsp3) is 0.333. The van der Waals surface area contributed by atoms with Crippen LogP contribution in [-0.2, 0) is 6.42 Å². The summed E-state index contributed by atoms with van der Waals surface area (Å²) in [6.07, 6.45) is 4.58. The molecule has 1 saturated heterocycles. The van der Waals surface area contributed by atoms with E-state index in [9.17, 15) is 0 Å². The van der Waals surface area contributed by atoms with Crippen LogP contribution in [0, 0.1) is 0 Å². The summed E-state index contributed by atoms with van der Waals surface area (Å²) in [5, 5.41) is 0. The predicted molar refractivity (Wildman–Crippen MR) is 99.5 cm³/mol. The van der Waals surface area contributed by atoms with Gasteiger partial charge in [-0.25, -0.2) is 0 Å². The third kappa shape index (κ3) is 2.75. The Bertz CT molecular complexity index is 731. The molecule has 1 aliphatic heterocycles. The monoisotopic (exact) mass is 320 g/mol. The molecule has 0 N–H and O–H groups in total. The minimum absolute atomic E-state index is 1.03. The van der Waals surface area contributed by atoms with Crippen LogP contribution >= 0.6 is 0 Å². The van der Waals surface area contributed by atoms with Crippen molar-refractivity contribution in [1.29, 1.82) is 0 Å². The van der Waals surface area contributed by atoms with Crippen molar-refractivity contribution in [3.8, 4) is 5.75 Å². The number of nitrogens with zero attached hydrogens (tertiary/aromatic N) is 2. The van der Waals surface area contributed by atoms with E-state index in [4.69, 9.17) is 4.74 Å². The second-order valence-corrected chi connectivity index (χ2v) is 6.42. The second kappa shape index (κ2) is 6.60. The molecule has 2 aromatic rings. The van der Waals surface area contributed by atoms with E-state index in [2.05, 4.69) is 64.4 Å². The predicted octanol–water partition coefficient (Wildman–Crippen LogP) is 3.80. The van der Waals surface area contributed by atoms with Crippen LogP contribution in [0.3, 0.4) is 0 Å². The number of methoxy groups -OCH3 is 1. The first-order valence-corrected chi connectivity index (χ1v) is 8.78. The van der Waals surface area contributed by atoms with Crippen molar-refractivity contribution in [1.82, 2.24) is 4.90 Å². The summed E-state index contributed by atoms with van der Waals surface area (Å²) in [6, 6.07) is 17.2. The van der Waals surface area contributed by atoms with Gasteiger partial charge < -0.3 is 14.5 Å². The number of fused-ring (bicyclic) bond motifs is 1. The van der Waals surface area contributed by atoms with E-state index < -0.39 is 0 Å². The van der Waals surface area contributed by atoms with Crippen LogP contribution < -0.4 is 9.64 Å². The molecule has 0 radical (unpaired) electrons. The van der Waals surface area contributed by atoms with E-state index in [0.29, 0.717) is 0 Å². The Hall–Kier alpha value is -2.42. The van der Waals surface area contributed by atoms with E-state index >= 15 is 0 Å². The van der Waals surface area contributed by atoms with Crippen molar-refractivity contribution in [3.05, 3.63) is 65.7 Å². The quantitative estimate of drug-likeness (QED) is 0.855. The Morgan fingerprint density at radius 3 is 2.33 bits per heavy atom. The Kier molecular flexibility index (Phi) is 4.16. The van der Waals surface area contributed by atoms with Crippen molar-refractivity contribution in [3.63, 3.8) is 0 Å². The molecule has 0 amide bonds. The molecule has 124 valence electrons. The largest absolute Gasteiger partial charge is 0.496 e. The van der Waals surface area contributed by atoms with Crippen molar-refractivity contribution in [2.45, 2.75) is 12.8 Å². The summed E-state index contributed by atoms with van der Waals surface area (Å²) >= 11 is 0. The average Bonchev–Trinajstić information content (AvgIpc) is 2.68. The van der Waals surface area contributed by atoms with Gasteiger partial charge in [0.25, 0.3) is 0 Å². The first-order chi connectivity index (χ1) is 11.9. The van der Waals surface area contributed by atoms with Gasteiger partial charge in [0.15, 0.2) is 0 Å². The zero-order chi connectivity index (χ0) is 16.4. The lowest BCUT2D eigenvalue weighted by Crippen LogP contribution is -2.45. The summed E-state index contributed by atoms with van der Waals surface area (Å²) < 4.78 is 5.57. The van der Waals surface area contributed by atoms with Gasteiger partial charge in [0.05, 0.1) is 7.11 Å². The van der Waals surface area contributed by atoms with Crippen LogP contribution in [0.1, 0.15) is 17.5 Å². The molecule has 24 heavy (non-hydrogen) atoms. The summed E-state index contributed by atoms with van der Waals surface area (Å²) in [5.41, 5.74) is 5.44. The highest BCUT2D eigenvalue weighted by molar-refractivity contribution is 5.71. The molecule has 2 aromatic carbocycles. The number of ether oxygens (including phenoxy) is 1. The lowest BCUT2D eigenvalue weighted by atomic mass is 9.92. The standard InChI is InChI=1S/C21H24N2O/c1-24-21-12-6-9-18-19(21)10-5-11-20(18)23-15-13-22(14-16-23)17-7-3-2-4-8-17/h2-4,6-9,11-12H,5,10,13-16H2,1H3. The zero-order valence-electron chi connectivity index (χ0n) is 14.2. The lowest BCUT2D eigenvalue weighted by Gasteiger charge is -2.39. The van der Waals surface area contributed by atoms with E-state index in [0.717, 1.165) is 44.8 Å². The molecule has 0 bridgehead atoms. The van der Waals surface area contributed by atoms with Gasteiger partial charge in [0, 0.05) is 48.7 Å². The molecular weight excluding hydrogens is 296 g/mol. The van der Waals surface area contributed by atoms with E-state index in [-0.39, 0.29) is 0 Å². The lowest BCUT2D eigenvalue weighted by molar-refractivity contribution is 0.364. The summed E-state index contributed by atoms with van der Waals surface area (Å²) in [4.78, 5) is 5.02. The van der Waals surface area contributed by atoms with Crippen LogP contribution in [0.2, 0.25) is 0 Å². The number of rotatable bonds is 3. The van der Waals surface area contributed by atoms with E-state index in [1.165, 1.54) is 22.5 Å². The smallest absolute Gasteiger partial charge is 0.122 e. The van der Waals surface area contributed by atoms with Crippen LogP contribution in [0.15, 0.2) is 54.6 Å². The molecule has 4 rings (SSSR count). The number of hydrogen-bond acceptors (Lipinski definition) is 3. The maximum Gasteiger partial charge on any atom is 0.122 e. The number of benzene rings is 2. The second-order valence-electron chi connectivity index (χ2n) is 6.42. The maximum absolute atomic E-state index is 5.57. The van der Waals surface area contributed by atoms with Gasteiger partial charge in [-0.1, -0.05) is 36.4 Å². The number of anilines is 1. The molecule has 0 saturated carbocycles. The van der Waals surface area contributed by atoms with Crippen molar-refractivity contribution >= 4 is 11.4 Å². The number of allylic oxidation sites excluding steroid dienone is 1. The molecule has 3 nitrogen and oxygen atoms in total. The van der Waals surface area contributed by atoms with Gasteiger partial charge in [-0.2, -0.15) is 0 Å². The minimum atomic E-state index is 1.03. The average molecular weight is 320 g/mol. The van der Waals surface area contributed by atoms with Crippen LogP contribution in [0.5, 0.6) is 5.75 Å². The van der Waals surface area contributed by atoms with Gasteiger partial charge in [-0.05, 0) is 31.0 Å². The third-order valence-electron chi connectivity index (χ3n) is 5.10. The molecule has 2 aliphatic rings. The first kappa shape index (κ1) is 15.1. The Morgan fingerprint density at radius 2 is 1.58 bits per heavy atom. The third-order valence-corrected chi connectivity index (χ3v) is 5.10. The first-order valence-electron chi connectivity index (χ1n) is 8.78. The SMILES string of the molecule is COc1cccc2c1CCC=C2N1CCN(c2ccccc2)CC1. The van der Waals surface area contributed by atoms with Gasteiger partial charge >= 0.3 is 0 Å². The molecule has 3 heteroatoms. The van der Waals surface area contributed by atoms with E-state index in [1.807, 2.05) is 0 Å². The number of piperazine rings is 1. The molecule has 0 atom stereocenters. The fourth-order valence-electron chi connectivity index (χ4n) is 3.86. The van der Waals surface area contributed by atoms with Gasteiger partial charge in [0.1, 0.15) is 5.75 Å². The Balaban J connectivity index is 1.52. The number of hydrogen-bond donors (Lipinski definition) is 0. The topological polar surface area (TPSA) is 15.7 Å². The molecule has 0 unspecified atom stereocenters. The van der Waals surface area contributed by atoms with E-state index in [1.54, 1.807) is 7.11 Å². The summed E-state index contributed by atoms with van der Waals surface area (Å²) in [7, 11) is 1.77. The summed E-state index contributed by atoms with van der Waals surface area (Å²) in [6.45, 7) is 4.27. The summed E-state index contributed by atoms with van der Waals surface area (Å²) in [5.74, 6) is 1.03. The molecule has 0 spiro atoms. The van der Waals surface area contributed by atoms with Crippen molar-refractivity contribution in [2.24, 2.45) is 0 Å². The van der Waals surface area contributed by atoms with Crippen molar-refractivity contribution in [2.75, 3.05) is 38.2 Å². The highest BCUT2D eigenvalue weighted by Gasteiger charge is 2.24. The van der Waals surface area contributed by atoms with Crippen LogP contribution in [-0.4, -0.2) is 38.2 Å². The highest BCUT2D eigenvalue weighted by atomic mass is 16.5. The molecule has 1 fully saturated rings. The van der Waals surface area contributed by atoms with Gasteiger partial charge in [-0.15, -0.1) is 0 Å². The Morgan fingerprint density at radius 1 is 0.833 bits per heavy atom. The van der Waals surface area contributed by atoms with Gasteiger partial charge in [-0.3, -0.25) is 0 Å². The Labute approximate surface area is 144 Å². The minimum Gasteiger partial charge on any atom is -0.496 e. The molecule has 0 aromatic heterocycles. The maximum atomic E-state index is 5.57. The number of para-hydroxylation sites is 1. The van der Waals surface area contributed by atoms with Crippen LogP contribution in [0.4, 0.5) is 5.69 Å². The van der Waals surface area contributed by atoms with Crippen LogP contribution in [0.25, 0.3) is 5.70 Å². The molecule has 1 heterocycles. The van der Waals surface area contributed by atoms with Crippen molar-refractivity contribution < 1.29 is 4.74 Å². The molecular formula is C21H24N2O. The van der Waals surface area contributed by atoms with Gasteiger partial charge in [0.2, 0.25) is 0 Å². The highest BCUT2D eigenvalue weighted by Crippen LogP contribution is 2.35. The zero-order valence-corrected chi connectivity index (χ0v) is 14.2.